The summed E-state index contributed by atoms with van der Waals surface area (Å²) in [5, 5.41) is 0. The van der Waals surface area contributed by atoms with E-state index in [4.69, 9.17) is 22.1 Å². The highest BCUT2D eigenvalue weighted by Gasteiger charge is 2.22. The third-order valence-corrected chi connectivity index (χ3v) is 4.09. The van der Waals surface area contributed by atoms with E-state index < -0.39 is 0 Å². The highest BCUT2D eigenvalue weighted by molar-refractivity contribution is 7.16. The van der Waals surface area contributed by atoms with E-state index in [-0.39, 0.29) is 18.0 Å². The average Bonchev–Trinajstić information content (AvgIpc) is 2.81. The summed E-state index contributed by atoms with van der Waals surface area (Å²) in [7, 11) is 0. The monoisotopic (exact) mass is 299 g/mol. The highest BCUT2D eigenvalue weighted by Crippen LogP contribution is 2.32. The molecule has 0 saturated heterocycles. The first-order valence-electron chi connectivity index (χ1n) is 6.03. The molecule has 2 N–H and O–H groups in total. The molecule has 19 heavy (non-hydrogen) atoms. The van der Waals surface area contributed by atoms with Gasteiger partial charge < -0.3 is 10.5 Å². The molecule has 0 fully saturated rings. The molecule has 1 aromatic heterocycles. The van der Waals surface area contributed by atoms with Crippen molar-refractivity contribution in [2.45, 2.75) is 25.5 Å². The van der Waals surface area contributed by atoms with Crippen molar-refractivity contribution in [3.8, 4) is 5.75 Å². The summed E-state index contributed by atoms with van der Waals surface area (Å²) in [6.45, 7) is 1.99. The van der Waals surface area contributed by atoms with E-state index in [0.29, 0.717) is 10.1 Å². The van der Waals surface area contributed by atoms with Crippen LogP contribution in [0.1, 0.15) is 24.3 Å². The van der Waals surface area contributed by atoms with Crippen LogP contribution < -0.4 is 10.5 Å². The predicted molar refractivity (Wildman–Crippen MR) is 77.4 cm³/mol. The molecule has 2 aromatic rings. The maximum atomic E-state index is 13.2. The van der Waals surface area contributed by atoms with Gasteiger partial charge in [-0.1, -0.05) is 24.6 Å². The molecular formula is C14H15ClFNOS. The molecule has 0 amide bonds. The van der Waals surface area contributed by atoms with Gasteiger partial charge in [0.15, 0.2) is 0 Å². The lowest BCUT2D eigenvalue weighted by Gasteiger charge is -2.23. The third kappa shape index (κ3) is 3.69. The van der Waals surface area contributed by atoms with Crippen molar-refractivity contribution in [3.63, 3.8) is 0 Å². The Labute approximate surface area is 121 Å². The van der Waals surface area contributed by atoms with Crippen LogP contribution in [0.25, 0.3) is 0 Å². The fourth-order valence-corrected chi connectivity index (χ4v) is 2.91. The number of rotatable bonds is 5. The van der Waals surface area contributed by atoms with Gasteiger partial charge in [0, 0.05) is 17.0 Å². The van der Waals surface area contributed by atoms with Crippen molar-refractivity contribution in [3.05, 3.63) is 51.4 Å². The van der Waals surface area contributed by atoms with Crippen molar-refractivity contribution < 1.29 is 9.13 Å². The van der Waals surface area contributed by atoms with Crippen LogP contribution in [0.3, 0.4) is 0 Å². The van der Waals surface area contributed by atoms with E-state index in [1.54, 1.807) is 12.1 Å². The van der Waals surface area contributed by atoms with Gasteiger partial charge >= 0.3 is 0 Å². The minimum Gasteiger partial charge on any atom is -0.483 e. The molecule has 0 spiro atoms. The predicted octanol–water partition coefficient (Wildman–Crippen LogP) is 4.40. The summed E-state index contributed by atoms with van der Waals surface area (Å²) in [5.41, 5.74) is 6.09. The molecule has 2 rings (SSSR count). The number of thiophene rings is 1. The molecule has 0 aliphatic rings. The number of hydrogen-bond acceptors (Lipinski definition) is 3. The highest BCUT2D eigenvalue weighted by atomic mass is 35.5. The minimum atomic E-state index is -0.328. The number of hydrogen-bond donors (Lipinski definition) is 1. The van der Waals surface area contributed by atoms with Gasteiger partial charge in [-0.2, -0.15) is 0 Å². The molecule has 0 radical (unpaired) electrons. The van der Waals surface area contributed by atoms with Crippen molar-refractivity contribution in [1.82, 2.24) is 0 Å². The normalized spacial score (nSPS) is 14.1. The zero-order valence-electron chi connectivity index (χ0n) is 10.5. The molecule has 1 aromatic carbocycles. The van der Waals surface area contributed by atoms with Gasteiger partial charge in [0.1, 0.15) is 17.7 Å². The fraction of sp³-hybridized carbons (Fsp3) is 0.286. The van der Waals surface area contributed by atoms with Crippen LogP contribution in [0.5, 0.6) is 5.75 Å². The van der Waals surface area contributed by atoms with Crippen LogP contribution in [-0.4, -0.2) is 6.04 Å². The van der Waals surface area contributed by atoms with Gasteiger partial charge in [-0.15, -0.1) is 11.3 Å². The third-order valence-electron chi connectivity index (χ3n) is 2.79. The Morgan fingerprint density at radius 3 is 2.74 bits per heavy atom. The van der Waals surface area contributed by atoms with Crippen molar-refractivity contribution in [1.29, 1.82) is 0 Å². The topological polar surface area (TPSA) is 35.2 Å². The number of nitrogens with two attached hydrogens (primary N) is 1. The zero-order valence-corrected chi connectivity index (χ0v) is 12.0. The van der Waals surface area contributed by atoms with Gasteiger partial charge in [0.05, 0.1) is 4.34 Å². The molecule has 0 aliphatic carbocycles. The lowest BCUT2D eigenvalue weighted by atomic mass is 10.1. The number of benzene rings is 1. The van der Waals surface area contributed by atoms with E-state index in [2.05, 4.69) is 0 Å². The Morgan fingerprint density at radius 2 is 2.16 bits per heavy atom. The largest absolute Gasteiger partial charge is 0.483 e. The van der Waals surface area contributed by atoms with E-state index in [1.165, 1.54) is 23.5 Å². The standard InChI is InChI=1S/C14H15ClFNOS/c1-2-11(17)14(12-6-7-13(15)19-12)18-10-5-3-4-9(16)8-10/h3-8,11,14H,2,17H2,1H3. The van der Waals surface area contributed by atoms with Gasteiger partial charge in [-0.25, -0.2) is 4.39 Å². The van der Waals surface area contributed by atoms with E-state index in [1.807, 2.05) is 19.1 Å². The lowest BCUT2D eigenvalue weighted by molar-refractivity contribution is 0.174. The Bertz CT molecular complexity index is 546. The summed E-state index contributed by atoms with van der Waals surface area (Å²) >= 11 is 7.37. The van der Waals surface area contributed by atoms with Crippen molar-refractivity contribution in [2.75, 3.05) is 0 Å². The summed E-state index contributed by atoms with van der Waals surface area (Å²) in [5.74, 6) is 0.143. The molecule has 5 heteroatoms. The minimum absolute atomic E-state index is 0.169. The van der Waals surface area contributed by atoms with Crippen LogP contribution in [0.4, 0.5) is 4.39 Å². The Balaban J connectivity index is 2.24. The first-order valence-corrected chi connectivity index (χ1v) is 7.22. The van der Waals surface area contributed by atoms with Gasteiger partial charge in [-0.05, 0) is 30.7 Å². The molecule has 0 saturated carbocycles. The molecule has 2 nitrogen and oxygen atoms in total. The number of halogens is 2. The zero-order chi connectivity index (χ0) is 13.8. The van der Waals surface area contributed by atoms with Gasteiger partial charge in [0.25, 0.3) is 0 Å². The van der Waals surface area contributed by atoms with Crippen LogP contribution in [0.15, 0.2) is 36.4 Å². The quantitative estimate of drug-likeness (QED) is 0.888. The SMILES string of the molecule is CCC(N)C(Oc1cccc(F)c1)c1ccc(Cl)s1. The second-order valence-corrected chi connectivity index (χ2v) is 5.96. The van der Waals surface area contributed by atoms with Gasteiger partial charge in [0.2, 0.25) is 0 Å². The number of ether oxygens (including phenoxy) is 1. The Morgan fingerprint density at radius 1 is 1.37 bits per heavy atom. The average molecular weight is 300 g/mol. The summed E-state index contributed by atoms with van der Waals surface area (Å²) in [6.07, 6.45) is 0.444. The van der Waals surface area contributed by atoms with Crippen LogP contribution in [0.2, 0.25) is 4.34 Å². The molecule has 0 bridgehead atoms. The fourth-order valence-electron chi connectivity index (χ4n) is 1.74. The summed E-state index contributed by atoms with van der Waals surface area (Å²) in [4.78, 5) is 0.948. The van der Waals surface area contributed by atoms with Crippen LogP contribution in [0, 0.1) is 5.82 Å². The second kappa shape index (κ2) is 6.37. The molecule has 1 heterocycles. The summed E-state index contributed by atoms with van der Waals surface area (Å²) in [6, 6.07) is 9.60. The molecule has 102 valence electrons. The molecule has 0 aliphatic heterocycles. The van der Waals surface area contributed by atoms with Gasteiger partial charge in [-0.3, -0.25) is 0 Å². The van der Waals surface area contributed by atoms with Crippen molar-refractivity contribution in [2.24, 2.45) is 5.73 Å². The lowest BCUT2D eigenvalue weighted by Crippen LogP contribution is -2.30. The molecule has 2 unspecified atom stereocenters. The Kier molecular flexibility index (Phi) is 4.80. The van der Waals surface area contributed by atoms with E-state index >= 15 is 0 Å². The first kappa shape index (κ1) is 14.3. The Hall–Kier alpha value is -1.10. The first-order chi connectivity index (χ1) is 9.10. The molecule has 2 atom stereocenters. The van der Waals surface area contributed by atoms with Crippen molar-refractivity contribution >= 4 is 22.9 Å². The van der Waals surface area contributed by atoms with Crippen LogP contribution >= 0.6 is 22.9 Å². The van der Waals surface area contributed by atoms with Crippen LogP contribution in [-0.2, 0) is 0 Å². The summed E-state index contributed by atoms with van der Waals surface area (Å²) < 4.78 is 19.7. The smallest absolute Gasteiger partial charge is 0.148 e. The maximum Gasteiger partial charge on any atom is 0.148 e. The second-order valence-electron chi connectivity index (χ2n) is 4.21. The van der Waals surface area contributed by atoms with E-state index in [0.717, 1.165) is 11.3 Å². The van der Waals surface area contributed by atoms with E-state index in [9.17, 15) is 4.39 Å². The maximum absolute atomic E-state index is 13.2. The molecular weight excluding hydrogens is 285 g/mol.